The lowest BCUT2D eigenvalue weighted by molar-refractivity contribution is 0.414. The molecule has 1 aliphatic rings. The minimum absolute atomic E-state index is 0.361. The zero-order valence-electron chi connectivity index (χ0n) is 11.6. The van der Waals surface area contributed by atoms with Crippen LogP contribution >= 0.6 is 0 Å². The maximum atomic E-state index is 6.54. The third-order valence-electron chi connectivity index (χ3n) is 3.76. The van der Waals surface area contributed by atoms with Crippen molar-refractivity contribution >= 4 is 10.9 Å². The van der Waals surface area contributed by atoms with Gasteiger partial charge < -0.3 is 11.1 Å². The Kier molecular flexibility index (Phi) is 2.79. The average Bonchev–Trinajstić information content (AvgIpc) is 2.89. The summed E-state index contributed by atoms with van der Waals surface area (Å²) in [6, 6.07) is 5.95. The number of hydrogen-bond acceptors (Lipinski definition) is 4. The monoisotopic (exact) mass is 269 g/mol. The van der Waals surface area contributed by atoms with Crippen LogP contribution in [0.25, 0.3) is 10.9 Å². The maximum Gasteiger partial charge on any atom is 0.153 e. The molecule has 0 saturated heterocycles. The Labute approximate surface area is 117 Å². The van der Waals surface area contributed by atoms with Crippen LogP contribution in [0.3, 0.4) is 0 Å². The SMILES string of the molecule is CC(C)C1=CC=C(N)C(N)(c2ccc3[nH]ncc3c2)N1. The first-order valence-electron chi connectivity index (χ1n) is 6.69. The fraction of sp³-hybridized carbons (Fsp3) is 0.267. The molecule has 0 aliphatic carbocycles. The zero-order valence-corrected chi connectivity index (χ0v) is 11.6. The normalized spacial score (nSPS) is 22.6. The van der Waals surface area contributed by atoms with Crippen molar-refractivity contribution in [3.05, 3.63) is 53.5 Å². The lowest BCUT2D eigenvalue weighted by Crippen LogP contribution is -2.55. The largest absolute Gasteiger partial charge is 0.399 e. The van der Waals surface area contributed by atoms with E-state index in [1.807, 2.05) is 30.4 Å². The van der Waals surface area contributed by atoms with Crippen LogP contribution in [0.1, 0.15) is 19.4 Å². The summed E-state index contributed by atoms with van der Waals surface area (Å²) in [7, 11) is 0. The molecule has 1 atom stereocenters. The fourth-order valence-corrected chi connectivity index (χ4v) is 2.42. The van der Waals surface area contributed by atoms with Gasteiger partial charge in [0, 0.05) is 11.1 Å². The van der Waals surface area contributed by atoms with E-state index in [0.717, 1.165) is 22.2 Å². The van der Waals surface area contributed by atoms with E-state index in [2.05, 4.69) is 29.4 Å². The summed E-state index contributed by atoms with van der Waals surface area (Å²) in [5.41, 5.74) is 15.4. The van der Waals surface area contributed by atoms with E-state index < -0.39 is 5.66 Å². The molecule has 0 radical (unpaired) electrons. The fourth-order valence-electron chi connectivity index (χ4n) is 2.42. The molecule has 1 aliphatic heterocycles. The number of hydrogen-bond donors (Lipinski definition) is 4. The smallest absolute Gasteiger partial charge is 0.153 e. The molecule has 5 nitrogen and oxygen atoms in total. The third-order valence-corrected chi connectivity index (χ3v) is 3.76. The highest BCUT2D eigenvalue weighted by Crippen LogP contribution is 2.29. The summed E-state index contributed by atoms with van der Waals surface area (Å²) in [6.07, 6.45) is 5.65. The Morgan fingerprint density at radius 1 is 1.25 bits per heavy atom. The number of nitrogens with zero attached hydrogens (tertiary/aromatic N) is 1. The molecule has 1 aromatic heterocycles. The van der Waals surface area contributed by atoms with Crippen LogP contribution < -0.4 is 16.8 Å². The summed E-state index contributed by atoms with van der Waals surface area (Å²) in [6.45, 7) is 4.24. The second-order valence-corrected chi connectivity index (χ2v) is 5.50. The van der Waals surface area contributed by atoms with E-state index in [1.54, 1.807) is 6.20 Å². The van der Waals surface area contributed by atoms with E-state index in [0.29, 0.717) is 11.6 Å². The molecule has 0 fully saturated rings. The number of aromatic nitrogens is 2. The first kappa shape index (κ1) is 12.7. The van der Waals surface area contributed by atoms with Crippen molar-refractivity contribution in [1.82, 2.24) is 15.5 Å². The number of rotatable bonds is 2. The minimum Gasteiger partial charge on any atom is -0.399 e. The van der Waals surface area contributed by atoms with Crippen LogP contribution in [-0.2, 0) is 5.66 Å². The van der Waals surface area contributed by atoms with Crippen LogP contribution in [0.4, 0.5) is 0 Å². The quantitative estimate of drug-likeness (QED) is 0.667. The molecule has 0 saturated carbocycles. The Bertz CT molecular complexity index is 710. The summed E-state index contributed by atoms with van der Waals surface area (Å²) >= 11 is 0. The number of dihydropyridines is 1. The number of benzene rings is 1. The predicted octanol–water partition coefficient (Wildman–Crippen LogP) is 1.66. The van der Waals surface area contributed by atoms with Gasteiger partial charge in [-0.2, -0.15) is 5.10 Å². The van der Waals surface area contributed by atoms with Gasteiger partial charge in [0.05, 0.1) is 17.4 Å². The Balaban J connectivity index is 2.07. The summed E-state index contributed by atoms with van der Waals surface area (Å²) < 4.78 is 0. The minimum atomic E-state index is -0.875. The number of allylic oxidation sites excluding steroid dienone is 3. The van der Waals surface area contributed by atoms with Crippen molar-refractivity contribution in [3.8, 4) is 0 Å². The van der Waals surface area contributed by atoms with Gasteiger partial charge in [0.1, 0.15) is 0 Å². The van der Waals surface area contributed by atoms with Crippen LogP contribution in [0.15, 0.2) is 47.9 Å². The highest BCUT2D eigenvalue weighted by Gasteiger charge is 2.33. The van der Waals surface area contributed by atoms with Crippen molar-refractivity contribution in [1.29, 1.82) is 0 Å². The number of fused-ring (bicyclic) bond motifs is 1. The molecule has 5 heteroatoms. The van der Waals surface area contributed by atoms with Gasteiger partial charge in [-0.3, -0.25) is 10.8 Å². The molecule has 20 heavy (non-hydrogen) atoms. The Morgan fingerprint density at radius 3 is 2.80 bits per heavy atom. The second kappa shape index (κ2) is 4.38. The van der Waals surface area contributed by atoms with Crippen molar-refractivity contribution in [2.45, 2.75) is 19.5 Å². The van der Waals surface area contributed by atoms with Crippen molar-refractivity contribution in [3.63, 3.8) is 0 Å². The summed E-state index contributed by atoms with van der Waals surface area (Å²) in [4.78, 5) is 0. The van der Waals surface area contributed by atoms with Gasteiger partial charge >= 0.3 is 0 Å². The van der Waals surface area contributed by atoms with Gasteiger partial charge in [-0.05, 0) is 35.8 Å². The lowest BCUT2D eigenvalue weighted by Gasteiger charge is -2.37. The number of nitrogens with two attached hydrogens (primary N) is 2. The molecule has 0 spiro atoms. The van der Waals surface area contributed by atoms with E-state index in [9.17, 15) is 0 Å². The van der Waals surface area contributed by atoms with Gasteiger partial charge in [0.25, 0.3) is 0 Å². The first-order valence-corrected chi connectivity index (χ1v) is 6.69. The van der Waals surface area contributed by atoms with E-state index in [-0.39, 0.29) is 0 Å². The van der Waals surface area contributed by atoms with Crippen LogP contribution in [-0.4, -0.2) is 10.2 Å². The molecule has 1 unspecified atom stereocenters. The van der Waals surface area contributed by atoms with Crippen LogP contribution in [0.5, 0.6) is 0 Å². The van der Waals surface area contributed by atoms with E-state index >= 15 is 0 Å². The molecule has 2 aromatic rings. The van der Waals surface area contributed by atoms with Crippen LogP contribution in [0.2, 0.25) is 0 Å². The average molecular weight is 269 g/mol. The Hall–Kier alpha value is -2.27. The first-order chi connectivity index (χ1) is 9.50. The highest BCUT2D eigenvalue weighted by atomic mass is 15.1. The van der Waals surface area contributed by atoms with Crippen LogP contribution in [0, 0.1) is 5.92 Å². The van der Waals surface area contributed by atoms with E-state index in [4.69, 9.17) is 11.5 Å². The number of H-pyrrole nitrogens is 1. The summed E-state index contributed by atoms with van der Waals surface area (Å²) in [5, 5.41) is 11.3. The van der Waals surface area contributed by atoms with Gasteiger partial charge in [-0.25, -0.2) is 0 Å². The molecule has 0 bridgehead atoms. The molecule has 1 aromatic carbocycles. The standard InChI is InChI=1S/C15H19N5/c1-9(2)12-5-6-14(16)15(17,19-12)11-3-4-13-10(7-11)8-18-20-13/h3-9,19H,16-17H2,1-2H3,(H,18,20). The molecule has 104 valence electrons. The zero-order chi connectivity index (χ0) is 14.3. The molecular weight excluding hydrogens is 250 g/mol. The molecule has 3 rings (SSSR count). The van der Waals surface area contributed by atoms with Gasteiger partial charge in [0.15, 0.2) is 5.66 Å². The molecular formula is C15H19N5. The van der Waals surface area contributed by atoms with Gasteiger partial charge in [0.2, 0.25) is 0 Å². The maximum absolute atomic E-state index is 6.54. The molecule has 6 N–H and O–H groups in total. The second-order valence-electron chi connectivity index (χ2n) is 5.50. The van der Waals surface area contributed by atoms with Crippen molar-refractivity contribution < 1.29 is 0 Å². The summed E-state index contributed by atoms with van der Waals surface area (Å²) in [5.74, 6) is 0.361. The van der Waals surface area contributed by atoms with Gasteiger partial charge in [-0.15, -0.1) is 0 Å². The number of nitrogens with one attached hydrogen (secondary N) is 2. The van der Waals surface area contributed by atoms with Crippen molar-refractivity contribution in [2.24, 2.45) is 17.4 Å². The van der Waals surface area contributed by atoms with E-state index in [1.165, 1.54) is 0 Å². The Morgan fingerprint density at radius 2 is 2.05 bits per heavy atom. The molecule has 2 heterocycles. The predicted molar refractivity (Wildman–Crippen MR) is 80.3 cm³/mol. The lowest BCUT2D eigenvalue weighted by atomic mass is 9.91. The highest BCUT2D eigenvalue weighted by molar-refractivity contribution is 5.79. The third kappa shape index (κ3) is 1.87. The van der Waals surface area contributed by atoms with Crippen molar-refractivity contribution in [2.75, 3.05) is 0 Å². The number of aromatic amines is 1. The molecule has 0 amide bonds. The topological polar surface area (TPSA) is 92.8 Å². The van der Waals surface area contributed by atoms with Gasteiger partial charge in [-0.1, -0.05) is 19.9 Å².